The standard InChI is InChI=1S/C22H29NO3/c1-5-21(26-19-13-9-12-18(15-19)25-4)22(24)23-20(14-16(2)3)17-10-7-6-8-11-17/h6-13,15-16,20-21H,5,14H2,1-4H3,(H,23,24)/t20-,21-/m0/s1. The Bertz CT molecular complexity index is 685. The molecule has 0 aromatic heterocycles. The Balaban J connectivity index is 2.09. The topological polar surface area (TPSA) is 47.6 Å². The molecule has 1 amide bonds. The van der Waals surface area contributed by atoms with Crippen LogP contribution in [0, 0.1) is 5.92 Å². The molecule has 2 atom stereocenters. The lowest BCUT2D eigenvalue weighted by molar-refractivity contribution is -0.129. The van der Waals surface area contributed by atoms with E-state index in [4.69, 9.17) is 9.47 Å². The minimum Gasteiger partial charge on any atom is -0.497 e. The predicted molar refractivity (Wildman–Crippen MR) is 104 cm³/mol. The van der Waals surface area contributed by atoms with Crippen molar-refractivity contribution >= 4 is 5.91 Å². The SMILES string of the molecule is CC[C@H](Oc1cccc(OC)c1)C(=O)N[C@@H](CC(C)C)c1ccccc1. The van der Waals surface area contributed by atoms with Crippen LogP contribution in [0.2, 0.25) is 0 Å². The molecule has 0 saturated heterocycles. The van der Waals surface area contributed by atoms with E-state index < -0.39 is 6.10 Å². The zero-order valence-corrected chi connectivity index (χ0v) is 16.1. The van der Waals surface area contributed by atoms with Crippen LogP contribution in [0.3, 0.4) is 0 Å². The van der Waals surface area contributed by atoms with Crippen LogP contribution in [-0.4, -0.2) is 19.1 Å². The van der Waals surface area contributed by atoms with Gasteiger partial charge in [-0.15, -0.1) is 0 Å². The molecule has 0 unspecified atom stereocenters. The summed E-state index contributed by atoms with van der Waals surface area (Å²) in [5.41, 5.74) is 1.12. The van der Waals surface area contributed by atoms with Crippen molar-refractivity contribution in [2.45, 2.75) is 45.8 Å². The smallest absolute Gasteiger partial charge is 0.261 e. The molecular formula is C22H29NO3. The molecule has 0 spiro atoms. The Morgan fingerprint density at radius 1 is 1.04 bits per heavy atom. The summed E-state index contributed by atoms with van der Waals surface area (Å²) < 4.78 is 11.1. The van der Waals surface area contributed by atoms with Crippen LogP contribution in [0.15, 0.2) is 54.6 Å². The fourth-order valence-corrected chi connectivity index (χ4v) is 2.86. The molecule has 0 aliphatic rings. The number of rotatable bonds is 9. The fourth-order valence-electron chi connectivity index (χ4n) is 2.86. The van der Waals surface area contributed by atoms with E-state index in [-0.39, 0.29) is 11.9 Å². The average molecular weight is 355 g/mol. The first-order valence-corrected chi connectivity index (χ1v) is 9.19. The Kier molecular flexibility index (Phi) is 7.52. The molecule has 26 heavy (non-hydrogen) atoms. The predicted octanol–water partition coefficient (Wildman–Crippen LogP) is 4.76. The Morgan fingerprint density at radius 3 is 2.35 bits per heavy atom. The number of benzene rings is 2. The van der Waals surface area contributed by atoms with Crippen LogP contribution < -0.4 is 14.8 Å². The summed E-state index contributed by atoms with van der Waals surface area (Å²) in [4.78, 5) is 12.8. The number of amides is 1. The number of hydrogen-bond donors (Lipinski definition) is 1. The second-order valence-electron chi connectivity index (χ2n) is 6.80. The lowest BCUT2D eigenvalue weighted by Gasteiger charge is -2.24. The van der Waals surface area contributed by atoms with Crippen molar-refractivity contribution in [2.24, 2.45) is 5.92 Å². The van der Waals surface area contributed by atoms with Crippen molar-refractivity contribution in [3.63, 3.8) is 0 Å². The molecule has 0 fully saturated rings. The van der Waals surface area contributed by atoms with Crippen molar-refractivity contribution in [1.82, 2.24) is 5.32 Å². The van der Waals surface area contributed by atoms with Gasteiger partial charge < -0.3 is 14.8 Å². The summed E-state index contributed by atoms with van der Waals surface area (Å²) >= 11 is 0. The van der Waals surface area contributed by atoms with Crippen LogP contribution in [0.5, 0.6) is 11.5 Å². The highest BCUT2D eigenvalue weighted by Crippen LogP contribution is 2.23. The molecule has 2 aromatic carbocycles. The summed E-state index contributed by atoms with van der Waals surface area (Å²) in [6.07, 6.45) is 0.929. The first kappa shape index (κ1) is 19.8. The number of carbonyl (C=O) groups excluding carboxylic acids is 1. The summed E-state index contributed by atoms with van der Waals surface area (Å²) in [6.45, 7) is 6.27. The van der Waals surface area contributed by atoms with Gasteiger partial charge in [-0.2, -0.15) is 0 Å². The molecule has 0 aliphatic heterocycles. The van der Waals surface area contributed by atoms with E-state index in [9.17, 15) is 4.79 Å². The summed E-state index contributed by atoms with van der Waals surface area (Å²) in [6, 6.07) is 17.4. The molecule has 0 saturated carbocycles. The quantitative estimate of drug-likeness (QED) is 0.706. The van der Waals surface area contributed by atoms with Gasteiger partial charge in [-0.25, -0.2) is 0 Å². The van der Waals surface area contributed by atoms with Gasteiger partial charge in [-0.1, -0.05) is 57.2 Å². The second-order valence-corrected chi connectivity index (χ2v) is 6.80. The normalized spacial score (nSPS) is 13.1. The van der Waals surface area contributed by atoms with Crippen molar-refractivity contribution in [1.29, 1.82) is 0 Å². The van der Waals surface area contributed by atoms with Gasteiger partial charge in [0.05, 0.1) is 13.2 Å². The van der Waals surface area contributed by atoms with E-state index in [1.807, 2.05) is 43.3 Å². The Morgan fingerprint density at radius 2 is 1.73 bits per heavy atom. The van der Waals surface area contributed by atoms with Gasteiger partial charge >= 0.3 is 0 Å². The molecule has 2 aromatic rings. The van der Waals surface area contributed by atoms with E-state index in [1.165, 1.54) is 0 Å². The highest BCUT2D eigenvalue weighted by atomic mass is 16.5. The van der Waals surface area contributed by atoms with Crippen molar-refractivity contribution in [2.75, 3.05) is 7.11 Å². The molecule has 0 radical (unpaired) electrons. The van der Waals surface area contributed by atoms with Gasteiger partial charge in [-0.05, 0) is 36.5 Å². The third kappa shape index (κ3) is 5.80. The number of methoxy groups -OCH3 is 1. The zero-order chi connectivity index (χ0) is 18.9. The van der Waals surface area contributed by atoms with Gasteiger partial charge in [0.25, 0.3) is 5.91 Å². The van der Waals surface area contributed by atoms with Gasteiger partial charge in [0.1, 0.15) is 11.5 Å². The van der Waals surface area contributed by atoms with Crippen molar-refractivity contribution < 1.29 is 14.3 Å². The highest BCUT2D eigenvalue weighted by molar-refractivity contribution is 5.81. The lowest BCUT2D eigenvalue weighted by atomic mass is 9.96. The maximum Gasteiger partial charge on any atom is 0.261 e. The molecule has 0 heterocycles. The molecule has 0 aliphatic carbocycles. The lowest BCUT2D eigenvalue weighted by Crippen LogP contribution is -2.40. The van der Waals surface area contributed by atoms with Crippen molar-refractivity contribution in [3.8, 4) is 11.5 Å². The monoisotopic (exact) mass is 355 g/mol. The first-order chi connectivity index (χ1) is 12.5. The van der Waals surface area contributed by atoms with Crippen LogP contribution in [-0.2, 0) is 4.79 Å². The Hall–Kier alpha value is -2.49. The van der Waals surface area contributed by atoms with Crippen LogP contribution in [0.4, 0.5) is 0 Å². The van der Waals surface area contributed by atoms with Gasteiger partial charge in [0, 0.05) is 6.07 Å². The van der Waals surface area contributed by atoms with Crippen LogP contribution in [0.25, 0.3) is 0 Å². The maximum absolute atomic E-state index is 12.8. The molecule has 4 heteroatoms. The molecular weight excluding hydrogens is 326 g/mol. The number of nitrogens with one attached hydrogen (secondary N) is 1. The summed E-state index contributed by atoms with van der Waals surface area (Å²) in [7, 11) is 1.61. The van der Waals surface area contributed by atoms with Crippen molar-refractivity contribution in [3.05, 3.63) is 60.2 Å². The van der Waals surface area contributed by atoms with E-state index in [2.05, 4.69) is 31.3 Å². The fraction of sp³-hybridized carbons (Fsp3) is 0.409. The van der Waals surface area contributed by atoms with E-state index in [1.54, 1.807) is 13.2 Å². The number of ether oxygens (including phenoxy) is 2. The van der Waals surface area contributed by atoms with Crippen LogP contribution >= 0.6 is 0 Å². The van der Waals surface area contributed by atoms with Gasteiger partial charge in [0.2, 0.25) is 0 Å². The average Bonchev–Trinajstić information content (AvgIpc) is 2.66. The van der Waals surface area contributed by atoms with E-state index in [0.717, 1.165) is 12.0 Å². The molecule has 1 N–H and O–H groups in total. The summed E-state index contributed by atoms with van der Waals surface area (Å²) in [5, 5.41) is 3.17. The van der Waals surface area contributed by atoms with Crippen LogP contribution in [0.1, 0.15) is 45.2 Å². The third-order valence-corrected chi connectivity index (χ3v) is 4.21. The third-order valence-electron chi connectivity index (χ3n) is 4.21. The van der Waals surface area contributed by atoms with Gasteiger partial charge in [-0.3, -0.25) is 4.79 Å². The zero-order valence-electron chi connectivity index (χ0n) is 16.1. The molecule has 0 bridgehead atoms. The molecule has 2 rings (SSSR count). The maximum atomic E-state index is 12.8. The highest BCUT2D eigenvalue weighted by Gasteiger charge is 2.23. The number of hydrogen-bond acceptors (Lipinski definition) is 3. The first-order valence-electron chi connectivity index (χ1n) is 9.19. The molecule has 140 valence electrons. The summed E-state index contributed by atoms with van der Waals surface area (Å²) in [5.74, 6) is 1.72. The Labute approximate surface area is 156 Å². The molecule has 4 nitrogen and oxygen atoms in total. The second kappa shape index (κ2) is 9.85. The minimum atomic E-state index is -0.541. The van der Waals surface area contributed by atoms with Gasteiger partial charge in [0.15, 0.2) is 6.10 Å². The largest absolute Gasteiger partial charge is 0.497 e. The van der Waals surface area contributed by atoms with E-state index >= 15 is 0 Å². The minimum absolute atomic E-state index is 0.0216. The number of carbonyl (C=O) groups is 1. The van der Waals surface area contributed by atoms with E-state index in [0.29, 0.717) is 23.8 Å².